The highest BCUT2D eigenvalue weighted by molar-refractivity contribution is 6.31. The molecule has 0 aliphatic heterocycles. The van der Waals surface area contributed by atoms with Crippen LogP contribution in [0.3, 0.4) is 0 Å². The standard InChI is InChI=1S/C16H15ClN2O2/c1-9(2)10-3-5-11(6-4-10)13-14(19-21-16(13)18)12-7-8-20-15(12)17/h3-9H,18H2,1-2H3. The molecule has 1 aromatic carbocycles. The highest BCUT2D eigenvalue weighted by Crippen LogP contribution is 2.39. The maximum absolute atomic E-state index is 6.02. The van der Waals surface area contributed by atoms with Crippen LogP contribution in [0.4, 0.5) is 5.88 Å². The molecule has 0 saturated heterocycles. The van der Waals surface area contributed by atoms with Gasteiger partial charge in [-0.05, 0) is 34.7 Å². The molecular weight excluding hydrogens is 288 g/mol. The van der Waals surface area contributed by atoms with Crippen molar-refractivity contribution in [1.82, 2.24) is 5.16 Å². The van der Waals surface area contributed by atoms with Gasteiger partial charge in [0.2, 0.25) is 11.1 Å². The van der Waals surface area contributed by atoms with Gasteiger partial charge in [0.25, 0.3) is 0 Å². The number of furan rings is 1. The fraction of sp³-hybridized carbons (Fsp3) is 0.188. The lowest BCUT2D eigenvalue weighted by Gasteiger charge is -2.07. The molecule has 0 aliphatic rings. The number of halogens is 1. The van der Waals surface area contributed by atoms with E-state index in [0.29, 0.717) is 17.2 Å². The van der Waals surface area contributed by atoms with Crippen LogP contribution in [0.5, 0.6) is 0 Å². The fourth-order valence-corrected chi connectivity index (χ4v) is 2.47. The lowest BCUT2D eigenvalue weighted by atomic mass is 9.97. The Hall–Kier alpha value is -2.20. The highest BCUT2D eigenvalue weighted by atomic mass is 35.5. The van der Waals surface area contributed by atoms with Gasteiger partial charge in [0.15, 0.2) is 0 Å². The Balaban J connectivity index is 2.10. The molecule has 5 heteroatoms. The molecular formula is C16H15ClN2O2. The topological polar surface area (TPSA) is 65.2 Å². The van der Waals surface area contributed by atoms with Crippen LogP contribution in [0.1, 0.15) is 25.3 Å². The van der Waals surface area contributed by atoms with E-state index in [4.69, 9.17) is 26.3 Å². The van der Waals surface area contributed by atoms with Gasteiger partial charge in [0.05, 0.1) is 17.4 Å². The summed E-state index contributed by atoms with van der Waals surface area (Å²) in [7, 11) is 0. The van der Waals surface area contributed by atoms with Crippen molar-refractivity contribution in [1.29, 1.82) is 0 Å². The molecule has 0 bridgehead atoms. The minimum absolute atomic E-state index is 0.263. The molecule has 3 aromatic rings. The first kappa shape index (κ1) is 13.8. The summed E-state index contributed by atoms with van der Waals surface area (Å²) < 4.78 is 10.2. The van der Waals surface area contributed by atoms with E-state index in [0.717, 1.165) is 11.1 Å². The largest absolute Gasteiger partial charge is 0.452 e. The van der Waals surface area contributed by atoms with E-state index >= 15 is 0 Å². The van der Waals surface area contributed by atoms with Gasteiger partial charge >= 0.3 is 0 Å². The number of rotatable bonds is 3. The third-order valence-corrected chi connectivity index (χ3v) is 3.75. The van der Waals surface area contributed by atoms with Crippen LogP contribution < -0.4 is 5.73 Å². The molecule has 3 rings (SSSR count). The number of hydrogen-bond acceptors (Lipinski definition) is 4. The van der Waals surface area contributed by atoms with Crippen LogP contribution in [0, 0.1) is 0 Å². The summed E-state index contributed by atoms with van der Waals surface area (Å²) in [5.41, 5.74) is 10.1. The molecule has 0 atom stereocenters. The first-order chi connectivity index (χ1) is 10.1. The van der Waals surface area contributed by atoms with Crippen molar-refractivity contribution < 1.29 is 8.94 Å². The maximum Gasteiger partial charge on any atom is 0.230 e. The Labute approximate surface area is 127 Å². The number of aromatic nitrogens is 1. The van der Waals surface area contributed by atoms with Gasteiger partial charge in [-0.25, -0.2) is 0 Å². The number of nitrogens with two attached hydrogens (primary N) is 1. The Morgan fingerprint density at radius 1 is 1.14 bits per heavy atom. The third kappa shape index (κ3) is 2.43. The van der Waals surface area contributed by atoms with Crippen LogP contribution in [0.2, 0.25) is 5.22 Å². The molecule has 0 spiro atoms. The normalized spacial score (nSPS) is 11.2. The van der Waals surface area contributed by atoms with Gasteiger partial charge in [-0.3, -0.25) is 0 Å². The third-order valence-electron chi connectivity index (χ3n) is 3.46. The Morgan fingerprint density at radius 3 is 2.43 bits per heavy atom. The molecule has 2 aromatic heterocycles. The zero-order valence-electron chi connectivity index (χ0n) is 11.8. The van der Waals surface area contributed by atoms with E-state index in [2.05, 4.69) is 31.1 Å². The molecule has 2 heterocycles. The Bertz CT molecular complexity index is 757. The molecule has 0 saturated carbocycles. The van der Waals surface area contributed by atoms with Crippen molar-refractivity contribution in [2.45, 2.75) is 19.8 Å². The SMILES string of the molecule is CC(C)c1ccc(-c2c(-c3ccoc3Cl)noc2N)cc1. The minimum Gasteiger partial charge on any atom is -0.452 e. The zero-order chi connectivity index (χ0) is 15.0. The van der Waals surface area contributed by atoms with E-state index < -0.39 is 0 Å². The lowest BCUT2D eigenvalue weighted by Crippen LogP contribution is -1.90. The number of benzene rings is 1. The van der Waals surface area contributed by atoms with Crippen molar-refractivity contribution in [2.24, 2.45) is 0 Å². The summed E-state index contributed by atoms with van der Waals surface area (Å²) in [5.74, 6) is 0.737. The second kappa shape index (κ2) is 5.30. The monoisotopic (exact) mass is 302 g/mol. The first-order valence-corrected chi connectivity index (χ1v) is 7.04. The average Bonchev–Trinajstić information content (AvgIpc) is 3.04. The van der Waals surface area contributed by atoms with E-state index in [1.165, 1.54) is 11.8 Å². The Morgan fingerprint density at radius 2 is 1.86 bits per heavy atom. The quantitative estimate of drug-likeness (QED) is 0.742. The predicted molar refractivity (Wildman–Crippen MR) is 83.2 cm³/mol. The summed E-state index contributed by atoms with van der Waals surface area (Å²) in [6, 6.07) is 9.91. The fourth-order valence-electron chi connectivity index (χ4n) is 2.26. The number of nitrogens with zero attached hydrogens (tertiary/aromatic N) is 1. The van der Waals surface area contributed by atoms with Gasteiger partial charge in [0, 0.05) is 0 Å². The molecule has 0 amide bonds. The first-order valence-electron chi connectivity index (χ1n) is 6.66. The molecule has 0 radical (unpaired) electrons. The summed E-state index contributed by atoms with van der Waals surface area (Å²) in [6.07, 6.45) is 1.51. The molecule has 108 valence electrons. The average molecular weight is 303 g/mol. The smallest absolute Gasteiger partial charge is 0.230 e. The van der Waals surface area contributed by atoms with E-state index in [-0.39, 0.29) is 11.1 Å². The van der Waals surface area contributed by atoms with Gasteiger partial charge in [-0.2, -0.15) is 0 Å². The van der Waals surface area contributed by atoms with Crippen LogP contribution in [-0.4, -0.2) is 5.16 Å². The second-order valence-corrected chi connectivity index (χ2v) is 5.50. The Kier molecular flexibility index (Phi) is 3.47. The molecule has 0 aliphatic carbocycles. The number of hydrogen-bond donors (Lipinski definition) is 1. The predicted octanol–water partition coefficient (Wildman–Crippen LogP) is 4.96. The van der Waals surface area contributed by atoms with E-state index in [9.17, 15) is 0 Å². The van der Waals surface area contributed by atoms with Crippen molar-refractivity contribution in [3.63, 3.8) is 0 Å². The van der Waals surface area contributed by atoms with Gasteiger partial charge in [0.1, 0.15) is 5.69 Å². The minimum atomic E-state index is 0.263. The van der Waals surface area contributed by atoms with Crippen LogP contribution in [0.25, 0.3) is 22.4 Å². The molecule has 0 fully saturated rings. The zero-order valence-corrected chi connectivity index (χ0v) is 12.5. The molecule has 0 unspecified atom stereocenters. The molecule has 21 heavy (non-hydrogen) atoms. The molecule has 4 nitrogen and oxygen atoms in total. The van der Waals surface area contributed by atoms with Crippen LogP contribution in [0.15, 0.2) is 45.5 Å². The van der Waals surface area contributed by atoms with Crippen molar-refractivity contribution in [2.75, 3.05) is 5.73 Å². The molecule has 2 N–H and O–H groups in total. The van der Waals surface area contributed by atoms with Crippen LogP contribution in [-0.2, 0) is 0 Å². The van der Waals surface area contributed by atoms with E-state index in [1.807, 2.05) is 12.1 Å². The van der Waals surface area contributed by atoms with Gasteiger partial charge in [-0.15, -0.1) is 0 Å². The summed E-state index contributed by atoms with van der Waals surface area (Å²) in [6.45, 7) is 4.30. The van der Waals surface area contributed by atoms with Crippen molar-refractivity contribution in [3.05, 3.63) is 47.4 Å². The second-order valence-electron chi connectivity index (χ2n) is 5.16. The summed E-state index contributed by atoms with van der Waals surface area (Å²) in [4.78, 5) is 0. The number of nitrogen functional groups attached to an aromatic ring is 1. The van der Waals surface area contributed by atoms with Gasteiger partial charge in [-0.1, -0.05) is 43.3 Å². The lowest BCUT2D eigenvalue weighted by molar-refractivity contribution is 0.439. The van der Waals surface area contributed by atoms with Gasteiger partial charge < -0.3 is 14.7 Å². The maximum atomic E-state index is 6.02. The summed E-state index contributed by atoms with van der Waals surface area (Å²) in [5, 5.41) is 4.28. The van der Waals surface area contributed by atoms with Crippen molar-refractivity contribution in [3.8, 4) is 22.4 Å². The van der Waals surface area contributed by atoms with E-state index in [1.54, 1.807) is 6.07 Å². The number of anilines is 1. The summed E-state index contributed by atoms with van der Waals surface area (Å²) >= 11 is 6.02. The van der Waals surface area contributed by atoms with Crippen LogP contribution >= 0.6 is 11.6 Å². The van der Waals surface area contributed by atoms with Crippen molar-refractivity contribution >= 4 is 17.5 Å². The highest BCUT2D eigenvalue weighted by Gasteiger charge is 2.20.